The minimum atomic E-state index is -0.472. The fraction of sp³-hybridized carbons (Fsp3) is 0.684. The molecule has 3 aliphatic rings. The average Bonchev–Trinajstić information content (AvgIpc) is 2.55. The summed E-state index contributed by atoms with van der Waals surface area (Å²) in [5.74, 6) is 1.43. The summed E-state index contributed by atoms with van der Waals surface area (Å²) in [5.41, 5.74) is -0.403. The van der Waals surface area contributed by atoms with Crippen molar-refractivity contribution in [3.05, 3.63) is 24.0 Å². The second-order valence-electron chi connectivity index (χ2n) is 8.28. The van der Waals surface area contributed by atoms with Crippen LogP contribution in [0.15, 0.2) is 18.3 Å². The van der Waals surface area contributed by atoms with Gasteiger partial charge >= 0.3 is 0 Å². The molecule has 1 amide bonds. The molecule has 1 heterocycles. The van der Waals surface area contributed by atoms with Crippen molar-refractivity contribution in [2.75, 3.05) is 6.61 Å². The van der Waals surface area contributed by atoms with Crippen molar-refractivity contribution in [1.82, 2.24) is 10.3 Å². The number of amides is 1. The summed E-state index contributed by atoms with van der Waals surface area (Å²) in [5, 5.41) is 13.1. The molecule has 132 valence electrons. The molecule has 3 aliphatic carbocycles. The van der Waals surface area contributed by atoms with Gasteiger partial charge in [0.2, 0.25) is 0 Å². The molecule has 1 aromatic rings. The van der Waals surface area contributed by atoms with Gasteiger partial charge in [-0.2, -0.15) is 0 Å². The first-order valence-electron chi connectivity index (χ1n) is 8.90. The summed E-state index contributed by atoms with van der Waals surface area (Å²) < 4.78 is 5.73. The van der Waals surface area contributed by atoms with E-state index >= 15 is 0 Å². The molecule has 3 fully saturated rings. The van der Waals surface area contributed by atoms with Crippen LogP contribution in [-0.2, 0) is 0 Å². The minimum absolute atomic E-state index is 0.00508. The van der Waals surface area contributed by atoms with Crippen LogP contribution in [0.1, 0.15) is 63.4 Å². The van der Waals surface area contributed by atoms with Crippen molar-refractivity contribution in [3.8, 4) is 5.75 Å². The Morgan fingerprint density at radius 3 is 2.50 bits per heavy atom. The topological polar surface area (TPSA) is 71.5 Å². The van der Waals surface area contributed by atoms with Gasteiger partial charge in [0.05, 0.1) is 18.3 Å². The van der Waals surface area contributed by atoms with E-state index in [0.29, 0.717) is 23.3 Å². The number of aliphatic hydroxyl groups is 1. The van der Waals surface area contributed by atoms with E-state index in [1.54, 1.807) is 18.3 Å². The molecular formula is C19H28N2O3. The highest BCUT2D eigenvalue weighted by molar-refractivity contribution is 5.92. The fourth-order valence-corrected chi connectivity index (χ4v) is 4.21. The van der Waals surface area contributed by atoms with Gasteiger partial charge in [-0.05, 0) is 64.0 Å². The van der Waals surface area contributed by atoms with Crippen LogP contribution in [0.3, 0.4) is 0 Å². The van der Waals surface area contributed by atoms with Crippen LogP contribution in [0.25, 0.3) is 0 Å². The number of hydrogen-bond acceptors (Lipinski definition) is 4. The molecule has 0 spiro atoms. The maximum atomic E-state index is 12.6. The number of rotatable bonds is 4. The number of aliphatic hydroxyl groups excluding tert-OH is 1. The number of fused-ring (bicyclic) bond motifs is 3. The maximum absolute atomic E-state index is 12.6. The van der Waals surface area contributed by atoms with E-state index in [0.717, 1.165) is 19.3 Å². The molecular weight excluding hydrogens is 304 g/mol. The predicted octanol–water partition coefficient (Wildman–Crippen LogP) is 2.93. The van der Waals surface area contributed by atoms with Crippen LogP contribution in [0.4, 0.5) is 0 Å². The lowest BCUT2D eigenvalue weighted by Gasteiger charge is -2.51. The van der Waals surface area contributed by atoms with E-state index in [1.165, 1.54) is 12.8 Å². The summed E-state index contributed by atoms with van der Waals surface area (Å²) >= 11 is 0. The van der Waals surface area contributed by atoms with Crippen LogP contribution in [0.5, 0.6) is 5.75 Å². The number of carbonyl (C=O) groups excluding carboxylic acids is 1. The maximum Gasteiger partial charge on any atom is 0.270 e. The fourth-order valence-electron chi connectivity index (χ4n) is 4.21. The summed E-state index contributed by atoms with van der Waals surface area (Å²) in [7, 11) is 0. The first-order chi connectivity index (χ1) is 11.3. The van der Waals surface area contributed by atoms with E-state index < -0.39 is 5.54 Å². The highest BCUT2D eigenvalue weighted by Gasteiger charge is 2.48. The molecule has 2 bridgehead atoms. The Balaban J connectivity index is 1.70. The molecule has 5 heteroatoms. The van der Waals surface area contributed by atoms with E-state index in [4.69, 9.17) is 4.74 Å². The standard InChI is InChI=1S/C19H28N2O3/c1-18(2,3)24-15-8-9-16(20-11-15)17(23)21-19(12-22)10-13-4-6-14(19)7-5-13/h8-9,11,13-14,22H,4-7,10,12H2,1-3H3,(H,21,23). The molecule has 24 heavy (non-hydrogen) atoms. The zero-order valence-corrected chi connectivity index (χ0v) is 14.8. The Morgan fingerprint density at radius 1 is 1.33 bits per heavy atom. The Labute approximate surface area is 143 Å². The summed E-state index contributed by atoms with van der Waals surface area (Å²) in [6, 6.07) is 3.45. The Bertz CT molecular complexity index is 586. The summed E-state index contributed by atoms with van der Waals surface area (Å²) in [6.07, 6.45) is 7.09. The highest BCUT2D eigenvalue weighted by Crippen LogP contribution is 2.47. The first-order valence-corrected chi connectivity index (χ1v) is 8.90. The molecule has 5 nitrogen and oxygen atoms in total. The van der Waals surface area contributed by atoms with Crippen molar-refractivity contribution in [3.63, 3.8) is 0 Å². The highest BCUT2D eigenvalue weighted by atomic mass is 16.5. The van der Waals surface area contributed by atoms with Gasteiger partial charge in [-0.15, -0.1) is 0 Å². The number of hydrogen-bond donors (Lipinski definition) is 2. The van der Waals surface area contributed by atoms with Crippen molar-refractivity contribution in [2.24, 2.45) is 11.8 Å². The first kappa shape index (κ1) is 17.2. The average molecular weight is 332 g/mol. The summed E-state index contributed by atoms with van der Waals surface area (Å²) in [6.45, 7) is 5.91. The molecule has 3 saturated carbocycles. The van der Waals surface area contributed by atoms with Crippen molar-refractivity contribution in [1.29, 1.82) is 0 Å². The molecule has 0 aromatic carbocycles. The lowest BCUT2D eigenvalue weighted by molar-refractivity contribution is 0.00158. The van der Waals surface area contributed by atoms with Crippen molar-refractivity contribution in [2.45, 2.75) is 64.0 Å². The molecule has 1 atom stereocenters. The zero-order valence-electron chi connectivity index (χ0n) is 14.8. The number of nitrogens with zero attached hydrogens (tertiary/aromatic N) is 1. The molecule has 4 rings (SSSR count). The van der Waals surface area contributed by atoms with Crippen molar-refractivity contribution < 1.29 is 14.6 Å². The zero-order chi connectivity index (χ0) is 17.4. The van der Waals surface area contributed by atoms with Gasteiger partial charge in [-0.1, -0.05) is 12.8 Å². The Morgan fingerprint density at radius 2 is 2.04 bits per heavy atom. The molecule has 0 saturated heterocycles. The predicted molar refractivity (Wildman–Crippen MR) is 92.0 cm³/mol. The van der Waals surface area contributed by atoms with Gasteiger partial charge in [0.1, 0.15) is 17.0 Å². The van der Waals surface area contributed by atoms with Gasteiger partial charge in [-0.25, -0.2) is 4.98 Å². The third kappa shape index (κ3) is 3.56. The van der Waals surface area contributed by atoms with Gasteiger partial charge < -0.3 is 15.2 Å². The van der Waals surface area contributed by atoms with Crippen LogP contribution >= 0.6 is 0 Å². The summed E-state index contributed by atoms with van der Waals surface area (Å²) in [4.78, 5) is 16.9. The number of aromatic nitrogens is 1. The van der Waals surface area contributed by atoms with E-state index in [9.17, 15) is 9.90 Å². The smallest absolute Gasteiger partial charge is 0.270 e. The second kappa shape index (κ2) is 6.36. The quantitative estimate of drug-likeness (QED) is 0.889. The number of ether oxygens (including phenoxy) is 1. The van der Waals surface area contributed by atoms with E-state index in [1.807, 2.05) is 20.8 Å². The molecule has 2 N–H and O–H groups in total. The van der Waals surface area contributed by atoms with Crippen LogP contribution in [-0.4, -0.2) is 33.7 Å². The Hall–Kier alpha value is -1.62. The van der Waals surface area contributed by atoms with Gasteiger partial charge in [0.15, 0.2) is 0 Å². The molecule has 0 aliphatic heterocycles. The molecule has 1 unspecified atom stereocenters. The van der Waals surface area contributed by atoms with E-state index in [-0.39, 0.29) is 18.1 Å². The second-order valence-corrected chi connectivity index (χ2v) is 8.28. The number of carbonyl (C=O) groups is 1. The minimum Gasteiger partial charge on any atom is -0.487 e. The van der Waals surface area contributed by atoms with Crippen LogP contribution in [0, 0.1) is 11.8 Å². The van der Waals surface area contributed by atoms with Crippen LogP contribution in [0.2, 0.25) is 0 Å². The Kier molecular flexibility index (Phi) is 4.56. The lowest BCUT2D eigenvalue weighted by atomic mass is 9.60. The lowest BCUT2D eigenvalue weighted by Crippen LogP contribution is -2.61. The van der Waals surface area contributed by atoms with Gasteiger partial charge in [0, 0.05) is 0 Å². The van der Waals surface area contributed by atoms with Gasteiger partial charge in [0.25, 0.3) is 5.91 Å². The largest absolute Gasteiger partial charge is 0.487 e. The SMILES string of the molecule is CC(C)(C)Oc1ccc(C(=O)NC2(CO)CC3CCC2CC3)nc1. The normalized spacial score (nSPS) is 29.3. The third-order valence-electron chi connectivity index (χ3n) is 5.32. The molecule has 1 aromatic heterocycles. The number of pyridine rings is 1. The van der Waals surface area contributed by atoms with Gasteiger partial charge in [-0.3, -0.25) is 4.79 Å². The van der Waals surface area contributed by atoms with E-state index in [2.05, 4.69) is 10.3 Å². The molecule has 0 radical (unpaired) electrons. The van der Waals surface area contributed by atoms with Crippen LogP contribution < -0.4 is 10.1 Å². The monoisotopic (exact) mass is 332 g/mol. The van der Waals surface area contributed by atoms with Crippen molar-refractivity contribution >= 4 is 5.91 Å². The third-order valence-corrected chi connectivity index (χ3v) is 5.32. The number of nitrogens with one attached hydrogen (secondary N) is 1.